The molecule has 35 heavy (non-hydrogen) atoms. The van der Waals surface area contributed by atoms with Crippen molar-refractivity contribution in [3.05, 3.63) is 72.1 Å². The first kappa shape index (κ1) is 22.7. The first-order valence-corrected chi connectivity index (χ1v) is 12.1. The van der Waals surface area contributed by atoms with Gasteiger partial charge in [-0.2, -0.15) is 15.0 Å². The van der Waals surface area contributed by atoms with Crippen molar-refractivity contribution in [1.82, 2.24) is 24.9 Å². The highest BCUT2D eigenvalue weighted by atomic mass is 15.3. The summed E-state index contributed by atoms with van der Waals surface area (Å²) in [6.07, 6.45) is 6.69. The Balaban J connectivity index is 1.23. The summed E-state index contributed by atoms with van der Waals surface area (Å²) < 4.78 is 0. The number of H-pyrrole nitrogens is 2. The van der Waals surface area contributed by atoms with Gasteiger partial charge in [-0.3, -0.25) is 0 Å². The number of aromatic amines is 2. The van der Waals surface area contributed by atoms with E-state index >= 15 is 0 Å². The van der Waals surface area contributed by atoms with Crippen molar-refractivity contribution in [3.8, 4) is 0 Å². The third kappa shape index (κ3) is 5.52. The maximum Gasteiger partial charge on any atom is 0.229 e. The zero-order chi connectivity index (χ0) is 23.9. The summed E-state index contributed by atoms with van der Waals surface area (Å²) in [7, 11) is 0. The molecular weight excluding hydrogens is 438 g/mol. The van der Waals surface area contributed by atoms with Gasteiger partial charge in [-0.15, -0.1) is 0 Å². The molecule has 0 radical (unpaired) electrons. The number of anilines is 3. The van der Waals surface area contributed by atoms with Crippen LogP contribution in [0, 0.1) is 0 Å². The minimum atomic E-state index is 0.539. The number of hydrogen-bond donors (Lipinski definition) is 6. The lowest BCUT2D eigenvalue weighted by Crippen LogP contribution is -2.16. The van der Waals surface area contributed by atoms with E-state index in [1.807, 2.05) is 12.1 Å². The normalized spacial score (nSPS) is 11.2. The minimum Gasteiger partial charge on any atom is -0.361 e. The minimum absolute atomic E-state index is 0.539. The van der Waals surface area contributed by atoms with Gasteiger partial charge in [0.25, 0.3) is 0 Å². The number of fused-ring (bicyclic) bond motifs is 2. The van der Waals surface area contributed by atoms with E-state index in [1.54, 1.807) is 0 Å². The van der Waals surface area contributed by atoms with Crippen LogP contribution in [0.1, 0.15) is 17.5 Å². The second kappa shape index (κ2) is 10.9. The Labute approximate surface area is 204 Å². The zero-order valence-electron chi connectivity index (χ0n) is 19.6. The van der Waals surface area contributed by atoms with Crippen molar-refractivity contribution in [1.29, 1.82) is 0 Å². The second-order valence-electron chi connectivity index (χ2n) is 8.45. The van der Waals surface area contributed by atoms with Gasteiger partial charge in [-0.1, -0.05) is 36.4 Å². The molecule has 5 aromatic rings. The van der Waals surface area contributed by atoms with Crippen LogP contribution in [-0.2, 0) is 12.8 Å². The van der Waals surface area contributed by atoms with Crippen LogP contribution in [0.5, 0.6) is 0 Å². The fraction of sp³-hybridized carbons (Fsp3) is 0.269. The molecule has 0 saturated carbocycles. The van der Waals surface area contributed by atoms with Crippen LogP contribution in [0.25, 0.3) is 21.8 Å². The van der Waals surface area contributed by atoms with E-state index in [9.17, 15) is 0 Å². The number of aromatic nitrogens is 5. The highest BCUT2D eigenvalue weighted by molar-refractivity contribution is 5.83. The largest absolute Gasteiger partial charge is 0.361 e. The number of nitrogens with zero attached hydrogens (tertiary/aromatic N) is 3. The topological polar surface area (TPSA) is 132 Å². The summed E-state index contributed by atoms with van der Waals surface area (Å²) in [5.74, 6) is 1.63. The molecule has 0 spiro atoms. The molecule has 3 aromatic heterocycles. The maximum atomic E-state index is 5.63. The van der Waals surface area contributed by atoms with Crippen LogP contribution >= 0.6 is 0 Å². The summed E-state index contributed by atoms with van der Waals surface area (Å²) >= 11 is 0. The maximum absolute atomic E-state index is 5.63. The number of para-hydroxylation sites is 2. The molecule has 0 aliphatic carbocycles. The quantitative estimate of drug-likeness (QED) is 0.153. The van der Waals surface area contributed by atoms with Gasteiger partial charge in [0.1, 0.15) is 0 Å². The highest BCUT2D eigenvalue weighted by Crippen LogP contribution is 2.19. The lowest BCUT2D eigenvalue weighted by molar-refractivity contribution is 0.858. The summed E-state index contributed by atoms with van der Waals surface area (Å²) in [4.78, 5) is 20.3. The molecule has 9 nitrogen and oxygen atoms in total. The van der Waals surface area contributed by atoms with Crippen LogP contribution in [0.3, 0.4) is 0 Å². The zero-order valence-corrected chi connectivity index (χ0v) is 19.6. The van der Waals surface area contributed by atoms with Crippen LogP contribution in [0.4, 0.5) is 17.8 Å². The van der Waals surface area contributed by atoms with Crippen LogP contribution < -0.4 is 21.7 Å². The summed E-state index contributed by atoms with van der Waals surface area (Å²) in [5, 5.41) is 12.5. The van der Waals surface area contributed by atoms with Gasteiger partial charge in [0.05, 0.1) is 0 Å². The molecule has 0 aliphatic rings. The van der Waals surface area contributed by atoms with E-state index in [0.717, 1.165) is 30.3 Å². The first-order valence-electron chi connectivity index (χ1n) is 12.1. The predicted octanol–water partition coefficient (Wildman–Crippen LogP) is 3.90. The van der Waals surface area contributed by atoms with E-state index in [2.05, 4.69) is 89.7 Å². The highest BCUT2D eigenvalue weighted by Gasteiger charge is 2.09. The van der Waals surface area contributed by atoms with Gasteiger partial charge < -0.3 is 31.7 Å². The summed E-state index contributed by atoms with van der Waals surface area (Å²) in [6.45, 7) is 2.75. The van der Waals surface area contributed by atoms with Crippen molar-refractivity contribution in [2.45, 2.75) is 19.3 Å². The monoisotopic (exact) mass is 469 g/mol. The standard InChI is InChI=1S/C26H31N9/c27-12-5-13-28-24-33-25(29-14-10-18-16-31-22-8-3-1-6-20(18)22)35-26(34-24)30-15-11-19-17-32-23-9-4-2-7-21(19)23/h1-4,6-9,16-17,31-32H,5,10-15,27H2,(H3,28,29,30,33,34,35). The molecule has 180 valence electrons. The molecule has 0 bridgehead atoms. The average Bonchev–Trinajstić information content (AvgIpc) is 3.49. The molecule has 0 unspecified atom stereocenters. The lowest BCUT2D eigenvalue weighted by atomic mass is 10.1. The number of rotatable bonds is 12. The fourth-order valence-electron chi connectivity index (χ4n) is 4.21. The van der Waals surface area contributed by atoms with Crippen molar-refractivity contribution >= 4 is 39.7 Å². The van der Waals surface area contributed by atoms with Crippen LogP contribution in [-0.4, -0.2) is 51.1 Å². The molecule has 0 aliphatic heterocycles. The van der Waals surface area contributed by atoms with E-state index in [4.69, 9.17) is 5.73 Å². The molecule has 0 saturated heterocycles. The van der Waals surface area contributed by atoms with Gasteiger partial charge in [-0.05, 0) is 49.1 Å². The lowest BCUT2D eigenvalue weighted by Gasteiger charge is -2.11. The molecular formula is C26H31N9. The van der Waals surface area contributed by atoms with E-state index in [1.165, 1.54) is 21.9 Å². The number of nitrogens with one attached hydrogen (secondary N) is 5. The van der Waals surface area contributed by atoms with E-state index in [0.29, 0.717) is 44.0 Å². The van der Waals surface area contributed by atoms with Gasteiger partial charge in [-0.25, -0.2) is 0 Å². The first-order chi connectivity index (χ1) is 17.3. The fourth-order valence-corrected chi connectivity index (χ4v) is 4.21. The Bertz CT molecular complexity index is 1290. The van der Waals surface area contributed by atoms with Crippen molar-refractivity contribution in [2.24, 2.45) is 5.73 Å². The molecule has 0 fully saturated rings. The second-order valence-corrected chi connectivity index (χ2v) is 8.45. The van der Waals surface area contributed by atoms with Crippen molar-refractivity contribution in [2.75, 3.05) is 42.1 Å². The third-order valence-electron chi connectivity index (χ3n) is 6.00. The Hall–Kier alpha value is -4.11. The Morgan fingerprint density at radius 1 is 0.629 bits per heavy atom. The SMILES string of the molecule is NCCCNc1nc(NCCc2c[nH]c3ccccc23)nc(NCCc2c[nH]c3ccccc23)n1. The van der Waals surface area contributed by atoms with Gasteiger partial charge in [0.2, 0.25) is 17.8 Å². The number of benzene rings is 2. The molecule has 5 rings (SSSR count). The Morgan fingerprint density at radius 2 is 1.09 bits per heavy atom. The number of hydrogen-bond acceptors (Lipinski definition) is 7. The van der Waals surface area contributed by atoms with Gasteiger partial charge in [0.15, 0.2) is 0 Å². The average molecular weight is 470 g/mol. The molecule has 0 amide bonds. The molecule has 7 N–H and O–H groups in total. The van der Waals surface area contributed by atoms with Crippen molar-refractivity contribution < 1.29 is 0 Å². The van der Waals surface area contributed by atoms with Gasteiger partial charge in [0, 0.05) is 53.8 Å². The van der Waals surface area contributed by atoms with E-state index in [-0.39, 0.29) is 0 Å². The molecule has 2 aromatic carbocycles. The Morgan fingerprint density at radius 3 is 1.57 bits per heavy atom. The van der Waals surface area contributed by atoms with Gasteiger partial charge >= 0.3 is 0 Å². The third-order valence-corrected chi connectivity index (χ3v) is 6.00. The molecule has 9 heteroatoms. The number of nitrogens with two attached hydrogens (primary N) is 1. The predicted molar refractivity (Wildman–Crippen MR) is 143 cm³/mol. The van der Waals surface area contributed by atoms with Crippen LogP contribution in [0.15, 0.2) is 60.9 Å². The van der Waals surface area contributed by atoms with Crippen LogP contribution in [0.2, 0.25) is 0 Å². The Kier molecular flexibility index (Phi) is 7.05. The summed E-state index contributed by atoms with van der Waals surface area (Å²) in [6, 6.07) is 16.7. The smallest absolute Gasteiger partial charge is 0.229 e. The van der Waals surface area contributed by atoms with Crippen molar-refractivity contribution in [3.63, 3.8) is 0 Å². The molecule has 0 atom stereocenters. The molecule has 3 heterocycles. The van der Waals surface area contributed by atoms with E-state index < -0.39 is 0 Å². The summed E-state index contributed by atoms with van der Waals surface area (Å²) in [5.41, 5.74) is 10.5.